The molecule has 0 spiro atoms. The number of para-hydroxylation sites is 2. The Bertz CT molecular complexity index is 964. The van der Waals surface area contributed by atoms with Crippen LogP contribution in [0.4, 0.5) is 5.69 Å². The molecule has 2 atom stereocenters. The van der Waals surface area contributed by atoms with Crippen molar-refractivity contribution in [2.24, 2.45) is 5.92 Å². The largest absolute Gasteiger partial charge is 0.475 e. The predicted molar refractivity (Wildman–Crippen MR) is 120 cm³/mol. The van der Waals surface area contributed by atoms with Gasteiger partial charge < -0.3 is 14.4 Å². The number of fused-ring (bicyclic) bond motifs is 1. The first-order valence-corrected chi connectivity index (χ1v) is 11.0. The number of benzene rings is 2. The van der Waals surface area contributed by atoms with Gasteiger partial charge in [-0.05, 0) is 43.7 Å². The lowest BCUT2D eigenvalue weighted by molar-refractivity contribution is -0.148. The Hall–Kier alpha value is -2.28. The first-order chi connectivity index (χ1) is 15.0. The molecule has 2 aromatic carbocycles. The maximum atomic E-state index is 13.5. The minimum absolute atomic E-state index is 0.0143. The van der Waals surface area contributed by atoms with Gasteiger partial charge in [0.05, 0.1) is 25.3 Å². The van der Waals surface area contributed by atoms with E-state index in [1.54, 1.807) is 11.0 Å². The predicted octanol–water partition coefficient (Wildman–Crippen LogP) is 4.17. The molecule has 1 fully saturated rings. The van der Waals surface area contributed by atoms with Gasteiger partial charge in [-0.3, -0.25) is 9.69 Å². The SMILES string of the molecule is COC(=O)[C@@H]1CN(C(=O)[C@H]2CCCN(Cc3c(Cl)cccc3Cl)C2)c2ccccc2O1. The van der Waals surface area contributed by atoms with Gasteiger partial charge in [-0.1, -0.05) is 41.4 Å². The molecule has 0 unspecified atom stereocenters. The third-order valence-corrected chi connectivity index (χ3v) is 6.51. The molecule has 2 aliphatic rings. The Kier molecular flexibility index (Phi) is 6.70. The zero-order chi connectivity index (χ0) is 22.0. The molecule has 0 radical (unpaired) electrons. The second-order valence-corrected chi connectivity index (χ2v) is 8.64. The highest BCUT2D eigenvalue weighted by atomic mass is 35.5. The normalized spacial score (nSPS) is 21.2. The van der Waals surface area contributed by atoms with Gasteiger partial charge in [0.2, 0.25) is 12.0 Å². The van der Waals surface area contributed by atoms with Crippen LogP contribution in [-0.4, -0.2) is 49.6 Å². The van der Waals surface area contributed by atoms with Gasteiger partial charge in [0.25, 0.3) is 0 Å². The Labute approximate surface area is 191 Å². The molecule has 0 aliphatic carbocycles. The topological polar surface area (TPSA) is 59.1 Å². The number of ether oxygens (including phenoxy) is 2. The molecule has 0 aromatic heterocycles. The highest BCUT2D eigenvalue weighted by molar-refractivity contribution is 6.35. The fourth-order valence-corrected chi connectivity index (χ4v) is 4.74. The van der Waals surface area contributed by atoms with Crippen molar-refractivity contribution in [3.8, 4) is 5.75 Å². The van der Waals surface area contributed by atoms with E-state index in [1.165, 1.54) is 7.11 Å². The molecule has 6 nitrogen and oxygen atoms in total. The summed E-state index contributed by atoms with van der Waals surface area (Å²) < 4.78 is 10.6. The lowest BCUT2D eigenvalue weighted by Gasteiger charge is -2.38. The molecule has 164 valence electrons. The van der Waals surface area contributed by atoms with E-state index in [4.69, 9.17) is 32.7 Å². The van der Waals surface area contributed by atoms with Crippen LogP contribution in [0.2, 0.25) is 10.0 Å². The average Bonchev–Trinajstić information content (AvgIpc) is 2.80. The number of esters is 1. The Balaban J connectivity index is 1.52. The summed E-state index contributed by atoms with van der Waals surface area (Å²) in [6, 6.07) is 12.7. The standard InChI is InChI=1S/C23H24Cl2N2O4/c1-30-23(29)21-14-27(19-9-2-3-10-20(19)31-21)22(28)15-6-5-11-26(12-15)13-16-17(24)7-4-8-18(16)25/h2-4,7-10,15,21H,5-6,11-14H2,1H3/t15-,21-/m0/s1. The summed E-state index contributed by atoms with van der Waals surface area (Å²) in [5.74, 6) is -0.196. The highest BCUT2D eigenvalue weighted by Gasteiger charge is 2.38. The summed E-state index contributed by atoms with van der Waals surface area (Å²) in [7, 11) is 1.32. The Morgan fingerprint density at radius 2 is 1.84 bits per heavy atom. The smallest absolute Gasteiger partial charge is 0.348 e. The number of halogens is 2. The first kappa shape index (κ1) is 21.9. The molecule has 31 heavy (non-hydrogen) atoms. The lowest BCUT2D eigenvalue weighted by Crippen LogP contribution is -2.51. The van der Waals surface area contributed by atoms with Gasteiger partial charge in [0, 0.05) is 28.7 Å². The zero-order valence-electron chi connectivity index (χ0n) is 17.2. The van der Waals surface area contributed by atoms with E-state index in [2.05, 4.69) is 4.90 Å². The van der Waals surface area contributed by atoms with Crippen LogP contribution < -0.4 is 9.64 Å². The molecule has 0 saturated carbocycles. The van der Waals surface area contributed by atoms with Crippen molar-refractivity contribution in [2.45, 2.75) is 25.5 Å². The summed E-state index contributed by atoms with van der Waals surface area (Å²) in [5.41, 5.74) is 1.56. The second-order valence-electron chi connectivity index (χ2n) is 7.82. The van der Waals surface area contributed by atoms with Gasteiger partial charge in [-0.15, -0.1) is 0 Å². The van der Waals surface area contributed by atoms with Crippen LogP contribution in [0, 0.1) is 5.92 Å². The summed E-state index contributed by atoms with van der Waals surface area (Å²) in [6.07, 6.45) is 0.837. The number of carbonyl (C=O) groups is 2. The Morgan fingerprint density at radius 3 is 2.58 bits per heavy atom. The van der Waals surface area contributed by atoms with E-state index in [0.29, 0.717) is 34.6 Å². The minimum Gasteiger partial charge on any atom is -0.475 e. The van der Waals surface area contributed by atoms with Crippen LogP contribution in [-0.2, 0) is 20.9 Å². The highest BCUT2D eigenvalue weighted by Crippen LogP contribution is 2.35. The Morgan fingerprint density at radius 1 is 1.10 bits per heavy atom. The van der Waals surface area contributed by atoms with E-state index in [9.17, 15) is 9.59 Å². The van der Waals surface area contributed by atoms with E-state index >= 15 is 0 Å². The fourth-order valence-electron chi connectivity index (χ4n) is 4.23. The van der Waals surface area contributed by atoms with Gasteiger partial charge in [0.15, 0.2) is 0 Å². The minimum atomic E-state index is -0.842. The van der Waals surface area contributed by atoms with Crippen LogP contribution in [0.1, 0.15) is 18.4 Å². The number of carbonyl (C=O) groups excluding carboxylic acids is 2. The third kappa shape index (κ3) is 4.66. The molecule has 2 heterocycles. The van der Waals surface area contributed by atoms with Crippen LogP contribution in [0.25, 0.3) is 0 Å². The maximum Gasteiger partial charge on any atom is 0.348 e. The number of methoxy groups -OCH3 is 1. The van der Waals surface area contributed by atoms with Crippen LogP contribution >= 0.6 is 23.2 Å². The van der Waals surface area contributed by atoms with E-state index in [1.807, 2.05) is 36.4 Å². The molecule has 0 bridgehead atoms. The van der Waals surface area contributed by atoms with Gasteiger partial charge in [-0.2, -0.15) is 0 Å². The summed E-state index contributed by atoms with van der Waals surface area (Å²) >= 11 is 12.7. The van der Waals surface area contributed by atoms with Crippen LogP contribution in [0.3, 0.4) is 0 Å². The van der Waals surface area contributed by atoms with E-state index in [0.717, 1.165) is 24.9 Å². The molecular weight excluding hydrogens is 439 g/mol. The molecule has 2 aromatic rings. The third-order valence-electron chi connectivity index (χ3n) is 5.80. The molecule has 4 rings (SSSR count). The van der Waals surface area contributed by atoms with E-state index in [-0.39, 0.29) is 18.4 Å². The van der Waals surface area contributed by atoms with Crippen molar-refractivity contribution in [3.63, 3.8) is 0 Å². The number of anilines is 1. The van der Waals surface area contributed by atoms with Crippen molar-refractivity contribution in [2.75, 3.05) is 31.6 Å². The van der Waals surface area contributed by atoms with E-state index < -0.39 is 12.1 Å². The van der Waals surface area contributed by atoms with Gasteiger partial charge in [-0.25, -0.2) is 4.79 Å². The maximum absolute atomic E-state index is 13.5. The number of piperidine rings is 1. The lowest BCUT2D eigenvalue weighted by atomic mass is 9.95. The van der Waals surface area contributed by atoms with Crippen LogP contribution in [0.15, 0.2) is 42.5 Å². The summed E-state index contributed by atoms with van der Waals surface area (Å²) in [6.45, 7) is 2.20. The van der Waals surface area contributed by atoms with Crippen molar-refractivity contribution >= 4 is 40.8 Å². The second kappa shape index (κ2) is 9.47. The molecule has 0 N–H and O–H groups in total. The quantitative estimate of drug-likeness (QED) is 0.638. The van der Waals surface area contributed by atoms with Crippen molar-refractivity contribution in [1.29, 1.82) is 0 Å². The molecule has 1 saturated heterocycles. The number of hydrogen-bond donors (Lipinski definition) is 0. The number of likely N-dealkylation sites (tertiary alicyclic amines) is 1. The first-order valence-electron chi connectivity index (χ1n) is 10.3. The summed E-state index contributed by atoms with van der Waals surface area (Å²) in [5, 5.41) is 1.26. The number of rotatable bonds is 4. The molecule has 8 heteroatoms. The van der Waals surface area contributed by atoms with Crippen molar-refractivity contribution in [3.05, 3.63) is 58.1 Å². The average molecular weight is 463 g/mol. The molecule has 2 aliphatic heterocycles. The number of nitrogens with zero attached hydrogens (tertiary/aromatic N) is 2. The van der Waals surface area contributed by atoms with Gasteiger partial charge in [0.1, 0.15) is 5.75 Å². The van der Waals surface area contributed by atoms with Crippen molar-refractivity contribution < 1.29 is 19.1 Å². The zero-order valence-corrected chi connectivity index (χ0v) is 18.7. The molecule has 1 amide bonds. The van der Waals surface area contributed by atoms with Crippen LogP contribution in [0.5, 0.6) is 5.75 Å². The monoisotopic (exact) mass is 462 g/mol. The van der Waals surface area contributed by atoms with Crippen molar-refractivity contribution in [1.82, 2.24) is 4.90 Å². The number of amides is 1. The fraction of sp³-hybridized carbons (Fsp3) is 0.391. The summed E-state index contributed by atoms with van der Waals surface area (Å²) in [4.78, 5) is 29.5. The number of hydrogen-bond acceptors (Lipinski definition) is 5. The molecular formula is C23H24Cl2N2O4. The van der Waals surface area contributed by atoms with Gasteiger partial charge >= 0.3 is 5.97 Å².